The van der Waals surface area contributed by atoms with Crippen LogP contribution in [0.1, 0.15) is 46.0 Å². The summed E-state index contributed by atoms with van der Waals surface area (Å²) in [7, 11) is 0. The molecule has 0 saturated heterocycles. The molecule has 7 heteroatoms. The van der Waals surface area contributed by atoms with Crippen LogP contribution in [0.15, 0.2) is 18.3 Å². The molecule has 2 aromatic rings. The van der Waals surface area contributed by atoms with Crippen LogP contribution >= 0.6 is 0 Å². The molecule has 0 radical (unpaired) electrons. The van der Waals surface area contributed by atoms with Gasteiger partial charge in [-0.2, -0.15) is 5.26 Å². The number of ether oxygens (including phenoxy) is 1. The third-order valence-corrected chi connectivity index (χ3v) is 4.33. The maximum Gasteiger partial charge on any atom is 0.413 e. The zero-order chi connectivity index (χ0) is 20.0. The summed E-state index contributed by atoms with van der Waals surface area (Å²) >= 11 is 0. The molecule has 0 saturated carbocycles. The second kappa shape index (κ2) is 6.38. The van der Waals surface area contributed by atoms with Gasteiger partial charge in [-0.05, 0) is 44.7 Å². The molecule has 2 aromatic heterocycles. The molecule has 1 N–H and O–H groups in total. The third kappa shape index (κ3) is 3.95. The van der Waals surface area contributed by atoms with Crippen molar-refractivity contribution in [2.45, 2.75) is 53.2 Å². The SMILES string of the molecule is CC1(C)Cc2c(-c3cc(NC(=O)OC(C)(C)C)ncc3F)cc(C#N)n2C1. The lowest BCUT2D eigenvalue weighted by Gasteiger charge is -2.19. The Balaban J connectivity index is 1.97. The number of nitrogens with one attached hydrogen (secondary N) is 1. The second-order valence-corrected chi connectivity index (χ2v) is 8.61. The number of aromatic nitrogens is 2. The number of pyridine rings is 1. The minimum Gasteiger partial charge on any atom is -0.444 e. The van der Waals surface area contributed by atoms with Crippen LogP contribution in [0.2, 0.25) is 0 Å². The van der Waals surface area contributed by atoms with Gasteiger partial charge in [-0.15, -0.1) is 0 Å². The molecule has 0 spiro atoms. The predicted molar refractivity (Wildman–Crippen MR) is 99.7 cm³/mol. The van der Waals surface area contributed by atoms with Crippen LogP contribution in [-0.4, -0.2) is 21.2 Å². The first-order valence-electron chi connectivity index (χ1n) is 8.77. The minimum absolute atomic E-state index is 0.00194. The molecule has 27 heavy (non-hydrogen) atoms. The molecule has 0 aliphatic carbocycles. The summed E-state index contributed by atoms with van der Waals surface area (Å²) in [6.07, 6.45) is 1.15. The van der Waals surface area contributed by atoms with E-state index in [0.717, 1.165) is 18.3 Å². The molecule has 142 valence electrons. The molecule has 1 aliphatic rings. The number of fused-ring (bicyclic) bond motifs is 1. The first-order chi connectivity index (χ1) is 12.5. The third-order valence-electron chi connectivity index (χ3n) is 4.33. The lowest BCUT2D eigenvalue weighted by Crippen LogP contribution is -2.27. The van der Waals surface area contributed by atoms with Crippen LogP contribution in [0.3, 0.4) is 0 Å². The fourth-order valence-electron chi connectivity index (χ4n) is 3.34. The fraction of sp³-hybridized carbons (Fsp3) is 0.450. The van der Waals surface area contributed by atoms with E-state index in [0.29, 0.717) is 23.4 Å². The smallest absolute Gasteiger partial charge is 0.413 e. The van der Waals surface area contributed by atoms with Crippen LogP contribution in [0.25, 0.3) is 11.1 Å². The van der Waals surface area contributed by atoms with Gasteiger partial charge in [0.05, 0.1) is 6.20 Å². The van der Waals surface area contributed by atoms with E-state index in [-0.39, 0.29) is 11.2 Å². The molecular formula is C20H23FN4O2. The Morgan fingerprint density at radius 2 is 2.07 bits per heavy atom. The monoisotopic (exact) mass is 370 g/mol. The van der Waals surface area contributed by atoms with E-state index in [4.69, 9.17) is 4.74 Å². The number of rotatable bonds is 2. The summed E-state index contributed by atoms with van der Waals surface area (Å²) in [6, 6.07) is 5.35. The molecule has 0 atom stereocenters. The maximum atomic E-state index is 14.5. The van der Waals surface area contributed by atoms with Crippen LogP contribution in [0.5, 0.6) is 0 Å². The van der Waals surface area contributed by atoms with E-state index < -0.39 is 17.5 Å². The van der Waals surface area contributed by atoms with Crippen LogP contribution in [-0.2, 0) is 17.7 Å². The molecular weight excluding hydrogens is 347 g/mol. The van der Waals surface area contributed by atoms with Gasteiger partial charge in [0.25, 0.3) is 0 Å². The number of hydrogen-bond acceptors (Lipinski definition) is 4. The molecule has 3 rings (SSSR count). The zero-order valence-electron chi connectivity index (χ0n) is 16.2. The largest absolute Gasteiger partial charge is 0.444 e. The number of amides is 1. The number of halogens is 1. The molecule has 6 nitrogen and oxygen atoms in total. The Kier molecular flexibility index (Phi) is 4.46. The van der Waals surface area contributed by atoms with Gasteiger partial charge >= 0.3 is 6.09 Å². The highest BCUT2D eigenvalue weighted by Crippen LogP contribution is 2.40. The van der Waals surface area contributed by atoms with Crippen molar-refractivity contribution < 1.29 is 13.9 Å². The molecule has 1 aliphatic heterocycles. The molecule has 3 heterocycles. The van der Waals surface area contributed by atoms with Crippen molar-refractivity contribution in [1.82, 2.24) is 9.55 Å². The molecule has 0 unspecified atom stereocenters. The minimum atomic E-state index is -0.659. The predicted octanol–water partition coefficient (Wildman–Crippen LogP) is 4.49. The number of hydrogen-bond donors (Lipinski definition) is 1. The van der Waals surface area contributed by atoms with E-state index in [1.807, 2.05) is 4.57 Å². The summed E-state index contributed by atoms with van der Waals surface area (Å²) < 4.78 is 21.7. The quantitative estimate of drug-likeness (QED) is 0.845. The fourth-order valence-corrected chi connectivity index (χ4v) is 3.34. The van der Waals surface area contributed by atoms with Gasteiger partial charge in [0, 0.05) is 23.4 Å². The lowest BCUT2D eigenvalue weighted by atomic mass is 9.89. The van der Waals surface area contributed by atoms with Crippen LogP contribution in [0, 0.1) is 22.6 Å². The Bertz CT molecular complexity index is 948. The highest BCUT2D eigenvalue weighted by Gasteiger charge is 2.33. The lowest BCUT2D eigenvalue weighted by molar-refractivity contribution is 0.0635. The van der Waals surface area contributed by atoms with E-state index in [2.05, 4.69) is 30.2 Å². The number of carbonyl (C=O) groups excluding carboxylic acids is 1. The van der Waals surface area contributed by atoms with Crippen molar-refractivity contribution in [2.75, 3.05) is 5.32 Å². The summed E-state index contributed by atoms with van der Waals surface area (Å²) in [5.74, 6) is -0.316. The summed E-state index contributed by atoms with van der Waals surface area (Å²) in [6.45, 7) is 10.2. The van der Waals surface area contributed by atoms with Gasteiger partial charge in [-0.3, -0.25) is 5.32 Å². The van der Waals surface area contributed by atoms with Gasteiger partial charge in [0.15, 0.2) is 0 Å². The topological polar surface area (TPSA) is 79.9 Å². The number of nitriles is 1. The normalized spacial score (nSPS) is 15.1. The summed E-state index contributed by atoms with van der Waals surface area (Å²) in [5, 5.41) is 12.0. The second-order valence-electron chi connectivity index (χ2n) is 8.61. The standard InChI is InChI=1S/C20H23FN4O2/c1-19(2,3)27-18(26)24-17-7-13(15(21)10-23-17)14-6-12(9-22)25-11-20(4,5)8-16(14)25/h6-7,10H,8,11H2,1-5H3,(H,23,24,26). The first kappa shape index (κ1) is 18.9. The van der Waals surface area contributed by atoms with E-state index in [1.54, 1.807) is 26.8 Å². The highest BCUT2D eigenvalue weighted by atomic mass is 19.1. The highest BCUT2D eigenvalue weighted by molar-refractivity contribution is 5.85. The van der Waals surface area contributed by atoms with Gasteiger partial charge in [-0.1, -0.05) is 13.8 Å². The Hall–Kier alpha value is -2.88. The average molecular weight is 370 g/mol. The van der Waals surface area contributed by atoms with Gasteiger partial charge in [-0.25, -0.2) is 14.2 Å². The Morgan fingerprint density at radius 1 is 1.37 bits per heavy atom. The summed E-state index contributed by atoms with van der Waals surface area (Å²) in [5.41, 5.74) is 1.73. The Labute approximate surface area is 158 Å². The zero-order valence-corrected chi connectivity index (χ0v) is 16.2. The van der Waals surface area contributed by atoms with Gasteiger partial charge < -0.3 is 9.30 Å². The Morgan fingerprint density at radius 3 is 2.70 bits per heavy atom. The van der Waals surface area contributed by atoms with Crippen molar-refractivity contribution in [3.63, 3.8) is 0 Å². The molecule has 0 bridgehead atoms. The van der Waals surface area contributed by atoms with Crippen molar-refractivity contribution >= 4 is 11.9 Å². The van der Waals surface area contributed by atoms with E-state index >= 15 is 0 Å². The maximum absolute atomic E-state index is 14.5. The van der Waals surface area contributed by atoms with Gasteiger partial charge in [0.2, 0.25) is 0 Å². The van der Waals surface area contributed by atoms with Crippen LogP contribution < -0.4 is 5.32 Å². The number of carbonyl (C=O) groups is 1. The number of anilines is 1. The molecule has 1 amide bonds. The van der Waals surface area contributed by atoms with Gasteiger partial charge in [0.1, 0.15) is 29.0 Å². The average Bonchev–Trinajstić information content (AvgIpc) is 3.00. The van der Waals surface area contributed by atoms with Crippen molar-refractivity contribution in [1.29, 1.82) is 5.26 Å². The van der Waals surface area contributed by atoms with E-state index in [1.165, 1.54) is 6.07 Å². The van der Waals surface area contributed by atoms with Crippen molar-refractivity contribution in [3.8, 4) is 17.2 Å². The summed E-state index contributed by atoms with van der Waals surface area (Å²) in [4.78, 5) is 15.9. The first-order valence-corrected chi connectivity index (χ1v) is 8.77. The van der Waals surface area contributed by atoms with Crippen LogP contribution in [0.4, 0.5) is 15.0 Å². The number of nitrogens with zero attached hydrogens (tertiary/aromatic N) is 3. The van der Waals surface area contributed by atoms with E-state index in [9.17, 15) is 14.4 Å². The molecule has 0 fully saturated rings. The van der Waals surface area contributed by atoms with Crippen molar-refractivity contribution in [3.05, 3.63) is 35.5 Å². The van der Waals surface area contributed by atoms with Crippen molar-refractivity contribution in [2.24, 2.45) is 5.41 Å². The molecule has 0 aromatic carbocycles.